The number of likely N-dealkylation sites (tertiary alicyclic amines) is 1. The van der Waals surface area contributed by atoms with Gasteiger partial charge in [0.1, 0.15) is 6.10 Å². The van der Waals surface area contributed by atoms with E-state index >= 15 is 0 Å². The van der Waals surface area contributed by atoms with Gasteiger partial charge in [-0.3, -0.25) is 19.3 Å². The fraction of sp³-hybridized carbons (Fsp3) is 0.857. The van der Waals surface area contributed by atoms with Crippen molar-refractivity contribution < 1.29 is 19.1 Å². The minimum atomic E-state index is -0.278. The highest BCUT2D eigenvalue weighted by atomic mass is 16.5. The van der Waals surface area contributed by atoms with Gasteiger partial charge in [-0.25, -0.2) is 0 Å². The van der Waals surface area contributed by atoms with Gasteiger partial charge in [0.25, 0.3) is 0 Å². The molecule has 0 bridgehead atoms. The molecule has 2 atom stereocenters. The molecular weight excluding hydrogens is 330 g/mol. The van der Waals surface area contributed by atoms with Crippen molar-refractivity contribution in [3.63, 3.8) is 0 Å². The molecule has 1 heterocycles. The van der Waals surface area contributed by atoms with Gasteiger partial charge in [-0.2, -0.15) is 0 Å². The summed E-state index contributed by atoms with van der Waals surface area (Å²) in [5.41, 5.74) is 0.308. The molecule has 1 aliphatic heterocycles. The first-order valence-corrected chi connectivity index (χ1v) is 10.3. The summed E-state index contributed by atoms with van der Waals surface area (Å²) in [7, 11) is 0. The summed E-state index contributed by atoms with van der Waals surface area (Å²) in [5, 5.41) is 0. The first-order chi connectivity index (χ1) is 12.3. The third-order valence-corrected chi connectivity index (χ3v) is 6.67. The molecular formula is C21H33NO4. The smallest absolute Gasteiger partial charge is 0.307 e. The summed E-state index contributed by atoms with van der Waals surface area (Å²) < 4.78 is 5.61. The minimum absolute atomic E-state index is 0.00587. The van der Waals surface area contributed by atoms with E-state index in [0.29, 0.717) is 11.3 Å². The molecule has 3 rings (SSSR count). The average Bonchev–Trinajstić information content (AvgIpc) is 2.84. The first kappa shape index (κ1) is 19.4. The number of imide groups is 1. The molecule has 2 aliphatic carbocycles. The molecule has 2 saturated carbocycles. The van der Waals surface area contributed by atoms with E-state index in [1.54, 1.807) is 0 Å². The van der Waals surface area contributed by atoms with Crippen LogP contribution in [0.4, 0.5) is 0 Å². The number of esters is 1. The van der Waals surface area contributed by atoms with E-state index in [2.05, 4.69) is 20.8 Å². The maximum absolute atomic E-state index is 12.4. The lowest BCUT2D eigenvalue weighted by atomic mass is 9.72. The van der Waals surface area contributed by atoms with E-state index in [-0.39, 0.29) is 48.7 Å². The molecule has 3 fully saturated rings. The summed E-state index contributed by atoms with van der Waals surface area (Å²) in [6.07, 6.45) is 7.80. The number of carbonyl (C=O) groups excluding carboxylic acids is 3. The monoisotopic (exact) mass is 363 g/mol. The Morgan fingerprint density at radius 1 is 0.962 bits per heavy atom. The standard InChI is InChI=1S/C21H33NO4/c1-21(2,3)14-8-10-15(11-9-14)26-18(23)12-13-22-19(24)16-6-4-5-7-17(16)20(22)25/h14-17H,4-13H2,1-3H3/t14?,15?,16-,17+. The van der Waals surface area contributed by atoms with Crippen LogP contribution in [0.25, 0.3) is 0 Å². The van der Waals surface area contributed by atoms with E-state index in [1.165, 1.54) is 4.90 Å². The highest BCUT2D eigenvalue weighted by Crippen LogP contribution is 2.39. The second-order valence-corrected chi connectivity index (χ2v) is 9.41. The van der Waals surface area contributed by atoms with Crippen molar-refractivity contribution >= 4 is 17.8 Å². The van der Waals surface area contributed by atoms with Crippen LogP contribution in [0.1, 0.15) is 78.6 Å². The molecule has 0 unspecified atom stereocenters. The Morgan fingerprint density at radius 2 is 1.50 bits per heavy atom. The molecule has 0 N–H and O–H groups in total. The van der Waals surface area contributed by atoms with Gasteiger partial charge >= 0.3 is 5.97 Å². The van der Waals surface area contributed by atoms with E-state index in [4.69, 9.17) is 4.74 Å². The normalized spacial score (nSPS) is 32.5. The molecule has 5 nitrogen and oxygen atoms in total. The van der Waals surface area contributed by atoms with Crippen LogP contribution in [0.15, 0.2) is 0 Å². The summed E-state index contributed by atoms with van der Waals surface area (Å²) in [6, 6.07) is 0. The van der Waals surface area contributed by atoms with Gasteiger partial charge < -0.3 is 4.74 Å². The lowest BCUT2D eigenvalue weighted by Gasteiger charge is -2.36. The molecule has 26 heavy (non-hydrogen) atoms. The maximum atomic E-state index is 12.4. The molecule has 5 heteroatoms. The zero-order valence-corrected chi connectivity index (χ0v) is 16.5. The Bertz CT molecular complexity index is 533. The number of amides is 2. The number of hydrogen-bond donors (Lipinski definition) is 0. The Morgan fingerprint density at radius 3 is 2.00 bits per heavy atom. The Labute approximate surface area is 156 Å². The Kier molecular flexibility index (Phi) is 5.73. The third kappa shape index (κ3) is 4.12. The first-order valence-electron chi connectivity index (χ1n) is 10.3. The largest absolute Gasteiger partial charge is 0.462 e. The number of rotatable bonds is 4. The van der Waals surface area contributed by atoms with Crippen LogP contribution in [0, 0.1) is 23.2 Å². The van der Waals surface area contributed by atoms with Gasteiger partial charge in [0.2, 0.25) is 11.8 Å². The molecule has 0 aromatic carbocycles. The van der Waals surface area contributed by atoms with Gasteiger partial charge in [-0.05, 0) is 49.9 Å². The predicted octanol–water partition coefficient (Wildman–Crippen LogP) is 3.70. The summed E-state index contributed by atoms with van der Waals surface area (Å²) >= 11 is 0. The lowest BCUT2D eigenvalue weighted by Crippen LogP contribution is -2.34. The van der Waals surface area contributed by atoms with Gasteiger partial charge in [0.05, 0.1) is 18.3 Å². The van der Waals surface area contributed by atoms with Crippen molar-refractivity contribution in [2.24, 2.45) is 23.2 Å². The van der Waals surface area contributed by atoms with Crippen molar-refractivity contribution in [2.45, 2.75) is 84.7 Å². The van der Waals surface area contributed by atoms with Crippen molar-refractivity contribution in [2.75, 3.05) is 6.54 Å². The van der Waals surface area contributed by atoms with Gasteiger partial charge in [-0.15, -0.1) is 0 Å². The SMILES string of the molecule is CC(C)(C)C1CCC(OC(=O)CCN2C(=O)[C@H]3CCCC[C@H]3C2=O)CC1. The number of fused-ring (bicyclic) bond motifs is 1. The topological polar surface area (TPSA) is 63.7 Å². The van der Waals surface area contributed by atoms with E-state index in [9.17, 15) is 14.4 Å². The van der Waals surface area contributed by atoms with E-state index in [1.807, 2.05) is 0 Å². The minimum Gasteiger partial charge on any atom is -0.462 e. The van der Waals surface area contributed by atoms with Crippen LogP contribution in [-0.4, -0.2) is 35.3 Å². The van der Waals surface area contributed by atoms with E-state index < -0.39 is 0 Å². The predicted molar refractivity (Wildman–Crippen MR) is 98.1 cm³/mol. The van der Waals surface area contributed by atoms with Crippen LogP contribution < -0.4 is 0 Å². The highest BCUT2D eigenvalue weighted by Gasteiger charge is 2.47. The fourth-order valence-electron chi connectivity index (χ4n) is 4.95. The molecule has 0 radical (unpaired) electrons. The van der Waals surface area contributed by atoms with Crippen molar-refractivity contribution in [1.29, 1.82) is 0 Å². The van der Waals surface area contributed by atoms with Crippen molar-refractivity contribution in [3.8, 4) is 0 Å². The zero-order chi connectivity index (χ0) is 18.9. The van der Waals surface area contributed by atoms with Crippen molar-refractivity contribution in [3.05, 3.63) is 0 Å². The molecule has 1 saturated heterocycles. The van der Waals surface area contributed by atoms with Crippen LogP contribution in [-0.2, 0) is 19.1 Å². The second kappa shape index (κ2) is 7.69. The fourth-order valence-corrected chi connectivity index (χ4v) is 4.95. The number of hydrogen-bond acceptors (Lipinski definition) is 4. The van der Waals surface area contributed by atoms with Gasteiger partial charge in [0.15, 0.2) is 0 Å². The van der Waals surface area contributed by atoms with Crippen LogP contribution in [0.2, 0.25) is 0 Å². The highest BCUT2D eigenvalue weighted by molar-refractivity contribution is 6.05. The van der Waals surface area contributed by atoms with E-state index in [0.717, 1.165) is 51.4 Å². The zero-order valence-electron chi connectivity index (χ0n) is 16.5. The summed E-state index contributed by atoms with van der Waals surface area (Å²) in [4.78, 5) is 38.4. The molecule has 0 spiro atoms. The van der Waals surface area contributed by atoms with Crippen LogP contribution >= 0.6 is 0 Å². The number of ether oxygens (including phenoxy) is 1. The number of carbonyl (C=O) groups is 3. The summed E-state index contributed by atoms with van der Waals surface area (Å²) in [5.74, 6) is -0.0171. The van der Waals surface area contributed by atoms with Crippen molar-refractivity contribution in [1.82, 2.24) is 4.90 Å². The molecule has 0 aromatic heterocycles. The quantitative estimate of drug-likeness (QED) is 0.564. The second-order valence-electron chi connectivity index (χ2n) is 9.41. The Balaban J connectivity index is 1.43. The maximum Gasteiger partial charge on any atom is 0.307 e. The molecule has 2 amide bonds. The molecule has 3 aliphatic rings. The molecule has 0 aromatic rings. The van der Waals surface area contributed by atoms with Gasteiger partial charge in [-0.1, -0.05) is 33.6 Å². The third-order valence-electron chi connectivity index (χ3n) is 6.67. The lowest BCUT2D eigenvalue weighted by molar-refractivity contribution is -0.152. The Hall–Kier alpha value is -1.39. The van der Waals surface area contributed by atoms with Crippen LogP contribution in [0.5, 0.6) is 0 Å². The van der Waals surface area contributed by atoms with Gasteiger partial charge in [0, 0.05) is 6.54 Å². The number of nitrogens with zero attached hydrogens (tertiary/aromatic N) is 1. The summed E-state index contributed by atoms with van der Waals surface area (Å²) in [6.45, 7) is 6.99. The van der Waals surface area contributed by atoms with Crippen LogP contribution in [0.3, 0.4) is 0 Å². The molecule has 146 valence electrons. The average molecular weight is 363 g/mol.